The number of amides is 2. The third kappa shape index (κ3) is 3.72. The molecule has 1 aliphatic rings. The minimum absolute atomic E-state index is 0.00993. The summed E-state index contributed by atoms with van der Waals surface area (Å²) < 4.78 is 36.9. The zero-order valence-corrected chi connectivity index (χ0v) is 12.3. The van der Waals surface area contributed by atoms with Crippen molar-refractivity contribution in [2.75, 3.05) is 13.1 Å². The van der Waals surface area contributed by atoms with Crippen molar-refractivity contribution in [3.05, 3.63) is 15.6 Å². The van der Waals surface area contributed by atoms with Crippen LogP contribution in [0.1, 0.15) is 26.8 Å². The lowest BCUT2D eigenvalue weighted by Gasteiger charge is -2.18. The van der Waals surface area contributed by atoms with Gasteiger partial charge < -0.3 is 10.2 Å². The highest BCUT2D eigenvalue weighted by molar-refractivity contribution is 7.13. The monoisotopic (exact) mass is 321 g/mol. The number of aromatic nitrogens is 1. The molecule has 1 saturated heterocycles. The molecule has 2 amide bonds. The van der Waals surface area contributed by atoms with Crippen LogP contribution in [0.3, 0.4) is 0 Å². The molecule has 0 saturated carbocycles. The Bertz CT molecular complexity index is 571. The van der Waals surface area contributed by atoms with E-state index in [-0.39, 0.29) is 13.0 Å². The highest BCUT2D eigenvalue weighted by Gasteiger charge is 2.40. The van der Waals surface area contributed by atoms with Crippen molar-refractivity contribution < 1.29 is 22.8 Å². The number of thiazole rings is 1. The van der Waals surface area contributed by atoms with Gasteiger partial charge in [0.1, 0.15) is 17.5 Å². The Balaban J connectivity index is 2.00. The second-order valence-electron chi connectivity index (χ2n) is 4.84. The highest BCUT2D eigenvalue weighted by atomic mass is 32.1. The molecule has 2 rings (SSSR count). The van der Waals surface area contributed by atoms with Crippen molar-refractivity contribution in [2.24, 2.45) is 0 Å². The van der Waals surface area contributed by atoms with Crippen LogP contribution in [0.2, 0.25) is 0 Å². The predicted octanol–water partition coefficient (Wildman–Crippen LogP) is 1.65. The maximum atomic E-state index is 12.3. The molecule has 5 nitrogen and oxygen atoms in total. The van der Waals surface area contributed by atoms with Crippen LogP contribution in [0.15, 0.2) is 0 Å². The maximum absolute atomic E-state index is 12.3. The maximum Gasteiger partial charge on any atom is 0.406 e. The fraction of sp³-hybridized carbons (Fsp3) is 0.583. The zero-order valence-electron chi connectivity index (χ0n) is 11.5. The molecule has 0 aliphatic carbocycles. The number of hydrogen-bond acceptors (Lipinski definition) is 4. The molecule has 0 radical (unpaired) electrons. The van der Waals surface area contributed by atoms with Gasteiger partial charge in [-0.15, -0.1) is 11.3 Å². The molecule has 0 spiro atoms. The van der Waals surface area contributed by atoms with Crippen LogP contribution in [0, 0.1) is 13.8 Å². The molecule has 1 atom stereocenters. The van der Waals surface area contributed by atoms with Crippen LogP contribution in [0.25, 0.3) is 0 Å². The summed E-state index contributed by atoms with van der Waals surface area (Å²) in [7, 11) is 0. The van der Waals surface area contributed by atoms with E-state index >= 15 is 0 Å². The lowest BCUT2D eigenvalue weighted by molar-refractivity contribution is -0.157. The third-order valence-electron chi connectivity index (χ3n) is 3.08. The van der Waals surface area contributed by atoms with Crippen LogP contribution in [0.4, 0.5) is 13.2 Å². The van der Waals surface area contributed by atoms with E-state index in [9.17, 15) is 22.8 Å². The smallest absolute Gasteiger partial charge is 0.339 e. The van der Waals surface area contributed by atoms with Gasteiger partial charge in [0, 0.05) is 6.54 Å². The minimum Gasteiger partial charge on any atom is -0.339 e. The second kappa shape index (κ2) is 5.63. The van der Waals surface area contributed by atoms with E-state index in [0.29, 0.717) is 15.6 Å². The molecule has 116 valence electrons. The van der Waals surface area contributed by atoms with Gasteiger partial charge in [-0.2, -0.15) is 13.2 Å². The van der Waals surface area contributed by atoms with Crippen LogP contribution >= 0.6 is 11.3 Å². The number of likely N-dealkylation sites (tertiary alicyclic amines) is 1. The number of hydrogen-bond donors (Lipinski definition) is 1. The molecule has 1 N–H and O–H groups in total. The van der Waals surface area contributed by atoms with E-state index in [4.69, 9.17) is 0 Å². The van der Waals surface area contributed by atoms with Gasteiger partial charge in [0.2, 0.25) is 5.91 Å². The third-order valence-corrected chi connectivity index (χ3v) is 4.15. The number of rotatable bonds is 3. The van der Waals surface area contributed by atoms with Crippen LogP contribution in [-0.4, -0.2) is 47.0 Å². The summed E-state index contributed by atoms with van der Waals surface area (Å²) in [6.07, 6.45) is -4.25. The molecule has 1 unspecified atom stereocenters. The first kappa shape index (κ1) is 15.7. The molecule has 1 aromatic heterocycles. The summed E-state index contributed by atoms with van der Waals surface area (Å²) in [6.45, 7) is 2.13. The summed E-state index contributed by atoms with van der Waals surface area (Å²) in [5.74, 6) is -1.16. The van der Waals surface area contributed by atoms with Crippen molar-refractivity contribution in [1.82, 2.24) is 15.2 Å². The Morgan fingerprint density at radius 3 is 2.67 bits per heavy atom. The van der Waals surface area contributed by atoms with E-state index in [1.807, 2.05) is 0 Å². The zero-order chi connectivity index (χ0) is 15.8. The molecule has 2 heterocycles. The van der Waals surface area contributed by atoms with Gasteiger partial charge in [-0.3, -0.25) is 9.59 Å². The standard InChI is InChI=1S/C12H14F3N3O2S/c1-6-9(21-7(2)16-6)10(19)17-8-3-4-18(11(8)20)5-12(13,14)15/h8H,3-5H2,1-2H3,(H,17,19). The van der Waals surface area contributed by atoms with Gasteiger partial charge in [0.05, 0.1) is 10.7 Å². The number of nitrogens with one attached hydrogen (secondary N) is 1. The molecule has 0 bridgehead atoms. The molecule has 0 aromatic carbocycles. The molecule has 9 heteroatoms. The fourth-order valence-electron chi connectivity index (χ4n) is 2.21. The number of carbonyl (C=O) groups excluding carboxylic acids is 2. The number of halogens is 3. The van der Waals surface area contributed by atoms with Crippen molar-refractivity contribution in [2.45, 2.75) is 32.5 Å². The van der Waals surface area contributed by atoms with Crippen molar-refractivity contribution in [1.29, 1.82) is 0 Å². The summed E-state index contributed by atoms with van der Waals surface area (Å²) in [5, 5.41) is 3.20. The van der Waals surface area contributed by atoms with Gasteiger partial charge in [0.25, 0.3) is 5.91 Å². The van der Waals surface area contributed by atoms with Crippen molar-refractivity contribution in [3.8, 4) is 0 Å². The Hall–Kier alpha value is -1.64. The fourth-order valence-corrected chi connectivity index (χ4v) is 3.04. The summed E-state index contributed by atoms with van der Waals surface area (Å²) in [6, 6.07) is -0.901. The molecular formula is C12H14F3N3O2S. The first-order valence-electron chi connectivity index (χ1n) is 6.28. The lowest BCUT2D eigenvalue weighted by Crippen LogP contribution is -2.43. The first-order valence-corrected chi connectivity index (χ1v) is 7.09. The van der Waals surface area contributed by atoms with Gasteiger partial charge in [-0.25, -0.2) is 4.98 Å². The predicted molar refractivity (Wildman–Crippen MR) is 70.1 cm³/mol. The Kier molecular flexibility index (Phi) is 4.22. The molecular weight excluding hydrogens is 307 g/mol. The summed E-state index contributed by atoms with van der Waals surface area (Å²) in [4.78, 5) is 29.1. The van der Waals surface area contributed by atoms with Crippen molar-refractivity contribution in [3.63, 3.8) is 0 Å². The van der Waals surface area contributed by atoms with Crippen LogP contribution in [-0.2, 0) is 4.79 Å². The van der Waals surface area contributed by atoms with E-state index in [1.54, 1.807) is 13.8 Å². The van der Waals surface area contributed by atoms with Gasteiger partial charge in [-0.1, -0.05) is 0 Å². The number of nitrogens with zero attached hydrogens (tertiary/aromatic N) is 2. The SMILES string of the molecule is Cc1nc(C)c(C(=O)NC2CCN(CC(F)(F)F)C2=O)s1. The quantitative estimate of drug-likeness (QED) is 0.921. The molecule has 21 heavy (non-hydrogen) atoms. The highest BCUT2D eigenvalue weighted by Crippen LogP contribution is 2.22. The van der Waals surface area contributed by atoms with Crippen LogP contribution in [0.5, 0.6) is 0 Å². The average Bonchev–Trinajstić information content (AvgIpc) is 2.84. The van der Waals surface area contributed by atoms with E-state index in [0.717, 1.165) is 4.90 Å². The summed E-state index contributed by atoms with van der Waals surface area (Å²) in [5.41, 5.74) is 0.549. The van der Waals surface area contributed by atoms with Crippen molar-refractivity contribution >= 4 is 23.2 Å². The van der Waals surface area contributed by atoms with Gasteiger partial charge in [0.15, 0.2) is 0 Å². The lowest BCUT2D eigenvalue weighted by atomic mass is 10.2. The molecule has 1 aromatic rings. The van der Waals surface area contributed by atoms with Gasteiger partial charge >= 0.3 is 6.18 Å². The molecule has 1 fully saturated rings. The normalized spacial score (nSPS) is 19.2. The Morgan fingerprint density at radius 2 is 2.14 bits per heavy atom. The van der Waals surface area contributed by atoms with E-state index in [2.05, 4.69) is 10.3 Å². The number of aryl methyl sites for hydroxylation is 2. The minimum atomic E-state index is -4.43. The summed E-state index contributed by atoms with van der Waals surface area (Å²) >= 11 is 1.19. The van der Waals surface area contributed by atoms with E-state index in [1.165, 1.54) is 11.3 Å². The van der Waals surface area contributed by atoms with Gasteiger partial charge in [-0.05, 0) is 20.3 Å². The number of alkyl halides is 3. The van der Waals surface area contributed by atoms with Crippen LogP contribution < -0.4 is 5.32 Å². The molecule has 1 aliphatic heterocycles. The topological polar surface area (TPSA) is 62.3 Å². The Labute approximate surface area is 123 Å². The largest absolute Gasteiger partial charge is 0.406 e. The average molecular weight is 321 g/mol. The Morgan fingerprint density at radius 1 is 1.48 bits per heavy atom. The first-order chi connectivity index (χ1) is 9.67. The number of carbonyl (C=O) groups is 2. The second-order valence-corrected chi connectivity index (χ2v) is 6.04. The van der Waals surface area contributed by atoms with E-state index < -0.39 is 30.6 Å².